The highest BCUT2D eigenvalue weighted by molar-refractivity contribution is 5.97. The maximum atomic E-state index is 12.4. The van der Waals surface area contributed by atoms with Gasteiger partial charge in [0.2, 0.25) is 0 Å². The monoisotopic (exact) mass is 384 g/mol. The molecule has 0 bridgehead atoms. The number of phenolic OH excluding ortho intramolecular Hbond substituents is 1. The summed E-state index contributed by atoms with van der Waals surface area (Å²) in [5, 5.41) is 26.7. The molecule has 0 aliphatic heterocycles. The van der Waals surface area contributed by atoms with Gasteiger partial charge >= 0.3 is 5.69 Å². The van der Waals surface area contributed by atoms with E-state index in [0.29, 0.717) is 11.1 Å². The Morgan fingerprint density at radius 1 is 1.18 bits per heavy atom. The normalized spacial score (nSPS) is 12.0. The molecule has 9 nitrogen and oxygen atoms in total. The third kappa shape index (κ3) is 5.37. The fourth-order valence-electron chi connectivity index (χ4n) is 2.36. The Hall–Kier alpha value is -3.75. The van der Waals surface area contributed by atoms with Gasteiger partial charge in [-0.05, 0) is 30.2 Å². The first kappa shape index (κ1) is 20.6. The summed E-state index contributed by atoms with van der Waals surface area (Å²) < 4.78 is 0. The van der Waals surface area contributed by atoms with Crippen LogP contribution in [0.25, 0.3) is 0 Å². The highest BCUT2D eigenvalue weighted by atomic mass is 16.6. The van der Waals surface area contributed by atoms with Crippen molar-refractivity contribution in [3.05, 3.63) is 69.8 Å². The molecule has 0 saturated heterocycles. The molecule has 1 atom stereocenters. The molecule has 0 aliphatic carbocycles. The van der Waals surface area contributed by atoms with Gasteiger partial charge < -0.3 is 10.4 Å². The van der Waals surface area contributed by atoms with Crippen LogP contribution >= 0.6 is 0 Å². The van der Waals surface area contributed by atoms with Crippen LogP contribution in [0.2, 0.25) is 0 Å². The molecule has 2 aromatic carbocycles. The highest BCUT2D eigenvalue weighted by Crippen LogP contribution is 2.25. The first-order valence-electron chi connectivity index (χ1n) is 8.46. The van der Waals surface area contributed by atoms with Crippen LogP contribution in [0.5, 0.6) is 5.75 Å². The largest absolute Gasteiger partial charge is 0.502 e. The summed E-state index contributed by atoms with van der Waals surface area (Å²) in [7, 11) is 0. The van der Waals surface area contributed by atoms with Crippen molar-refractivity contribution in [1.82, 2.24) is 10.7 Å². The molecular formula is C19H20N4O5. The van der Waals surface area contributed by atoms with Crippen molar-refractivity contribution in [1.29, 1.82) is 0 Å². The summed E-state index contributed by atoms with van der Waals surface area (Å²) in [6.07, 6.45) is 1.21. The van der Waals surface area contributed by atoms with Crippen LogP contribution in [0.15, 0.2) is 53.6 Å². The van der Waals surface area contributed by atoms with E-state index in [1.54, 1.807) is 44.2 Å². The number of hydrogen-bond donors (Lipinski definition) is 3. The van der Waals surface area contributed by atoms with Crippen molar-refractivity contribution < 1.29 is 19.6 Å². The third-order valence-corrected chi connectivity index (χ3v) is 3.86. The van der Waals surface area contributed by atoms with Crippen LogP contribution < -0.4 is 10.7 Å². The zero-order valence-corrected chi connectivity index (χ0v) is 15.3. The van der Waals surface area contributed by atoms with Crippen LogP contribution in [0.3, 0.4) is 0 Å². The number of amides is 2. The molecule has 3 N–H and O–H groups in total. The maximum absolute atomic E-state index is 12.4. The number of hydrogen-bond acceptors (Lipinski definition) is 6. The Bertz CT molecular complexity index is 896. The Kier molecular flexibility index (Phi) is 6.80. The van der Waals surface area contributed by atoms with E-state index in [1.165, 1.54) is 12.3 Å². The molecule has 0 saturated carbocycles. The van der Waals surface area contributed by atoms with Crippen molar-refractivity contribution in [3.8, 4) is 5.75 Å². The minimum Gasteiger partial charge on any atom is -0.502 e. The Morgan fingerprint density at radius 3 is 2.46 bits per heavy atom. The van der Waals surface area contributed by atoms with Gasteiger partial charge in [-0.3, -0.25) is 19.7 Å². The zero-order valence-electron chi connectivity index (χ0n) is 15.3. The number of nitro benzene ring substituents is 1. The molecule has 2 amide bonds. The molecule has 0 aliphatic rings. The summed E-state index contributed by atoms with van der Waals surface area (Å²) in [5.74, 6) is -1.57. The second-order valence-corrected chi connectivity index (χ2v) is 6.30. The number of benzene rings is 2. The molecule has 9 heteroatoms. The smallest absolute Gasteiger partial charge is 0.311 e. The minimum atomic E-state index is -0.820. The number of nitrogens with one attached hydrogen (secondary N) is 2. The summed E-state index contributed by atoms with van der Waals surface area (Å²) in [5.41, 5.74) is 2.60. The van der Waals surface area contributed by atoms with Gasteiger partial charge in [-0.25, -0.2) is 5.43 Å². The molecule has 146 valence electrons. The van der Waals surface area contributed by atoms with E-state index in [1.807, 2.05) is 0 Å². The van der Waals surface area contributed by atoms with Crippen LogP contribution in [-0.4, -0.2) is 34.1 Å². The van der Waals surface area contributed by atoms with Gasteiger partial charge in [-0.2, -0.15) is 5.10 Å². The highest BCUT2D eigenvalue weighted by Gasteiger charge is 2.24. The van der Waals surface area contributed by atoms with Crippen molar-refractivity contribution in [2.24, 2.45) is 11.0 Å². The Labute approximate surface area is 161 Å². The number of carbonyl (C=O) groups excluding carboxylic acids is 2. The SMILES string of the molecule is CC(C)C(NC(=O)c1ccccc1)C(=O)N/N=C/c1ccc(O)c([N+](=O)[O-])c1. The van der Waals surface area contributed by atoms with Gasteiger partial charge in [-0.15, -0.1) is 0 Å². The van der Waals surface area contributed by atoms with Crippen molar-refractivity contribution in [2.75, 3.05) is 0 Å². The summed E-state index contributed by atoms with van der Waals surface area (Å²) in [6, 6.07) is 11.4. The van der Waals surface area contributed by atoms with E-state index in [4.69, 9.17) is 0 Å². The summed E-state index contributed by atoms with van der Waals surface area (Å²) in [4.78, 5) is 34.8. The lowest BCUT2D eigenvalue weighted by molar-refractivity contribution is -0.385. The molecule has 0 fully saturated rings. The van der Waals surface area contributed by atoms with Crippen LogP contribution in [0, 0.1) is 16.0 Å². The standard InChI is InChI=1S/C19H20N4O5/c1-12(2)17(21-18(25)14-6-4-3-5-7-14)19(26)22-20-11-13-8-9-16(24)15(10-13)23(27)28/h3-12,17,24H,1-2H3,(H,21,25)(H,22,26)/b20-11+. The van der Waals surface area contributed by atoms with Gasteiger partial charge in [-0.1, -0.05) is 32.0 Å². The summed E-state index contributed by atoms with van der Waals surface area (Å²) >= 11 is 0. The van der Waals surface area contributed by atoms with E-state index < -0.39 is 28.3 Å². The number of nitrogens with zero attached hydrogens (tertiary/aromatic N) is 2. The van der Waals surface area contributed by atoms with Gasteiger partial charge in [0.15, 0.2) is 5.75 Å². The van der Waals surface area contributed by atoms with Crippen LogP contribution in [0.1, 0.15) is 29.8 Å². The van der Waals surface area contributed by atoms with Crippen molar-refractivity contribution in [2.45, 2.75) is 19.9 Å². The fraction of sp³-hybridized carbons (Fsp3) is 0.211. The molecular weight excluding hydrogens is 364 g/mol. The van der Waals surface area contributed by atoms with E-state index >= 15 is 0 Å². The first-order chi connectivity index (χ1) is 13.3. The lowest BCUT2D eigenvalue weighted by atomic mass is 10.0. The molecule has 0 spiro atoms. The lowest BCUT2D eigenvalue weighted by Crippen LogP contribution is -2.48. The average molecular weight is 384 g/mol. The second kappa shape index (κ2) is 9.26. The molecule has 28 heavy (non-hydrogen) atoms. The molecule has 0 aromatic heterocycles. The Morgan fingerprint density at radius 2 is 1.86 bits per heavy atom. The van der Waals surface area contributed by atoms with Crippen LogP contribution in [0.4, 0.5) is 5.69 Å². The Balaban J connectivity index is 2.04. The topological polar surface area (TPSA) is 134 Å². The first-order valence-corrected chi connectivity index (χ1v) is 8.46. The minimum absolute atomic E-state index is 0.197. The second-order valence-electron chi connectivity index (χ2n) is 6.30. The number of carbonyl (C=O) groups is 2. The van der Waals surface area contributed by atoms with Crippen molar-refractivity contribution in [3.63, 3.8) is 0 Å². The molecule has 2 aromatic rings. The number of aromatic hydroxyl groups is 1. The summed E-state index contributed by atoms with van der Waals surface area (Å²) in [6.45, 7) is 3.56. The van der Waals surface area contributed by atoms with Crippen LogP contribution in [-0.2, 0) is 4.79 Å². The van der Waals surface area contributed by atoms with E-state index in [2.05, 4.69) is 15.8 Å². The van der Waals surface area contributed by atoms with E-state index in [-0.39, 0.29) is 11.8 Å². The zero-order chi connectivity index (χ0) is 20.7. The fourth-order valence-corrected chi connectivity index (χ4v) is 2.36. The number of phenols is 1. The van der Waals surface area contributed by atoms with Gasteiger partial charge in [0, 0.05) is 17.2 Å². The predicted octanol–water partition coefficient (Wildman–Crippen LogP) is 2.21. The third-order valence-electron chi connectivity index (χ3n) is 3.86. The molecule has 0 heterocycles. The lowest BCUT2D eigenvalue weighted by Gasteiger charge is -2.20. The molecule has 2 rings (SSSR count). The van der Waals surface area contributed by atoms with Gasteiger partial charge in [0.25, 0.3) is 11.8 Å². The van der Waals surface area contributed by atoms with E-state index in [0.717, 1.165) is 12.1 Å². The maximum Gasteiger partial charge on any atom is 0.311 e. The number of hydrazone groups is 1. The average Bonchev–Trinajstić information content (AvgIpc) is 2.67. The number of nitro groups is 1. The predicted molar refractivity (Wildman–Crippen MR) is 103 cm³/mol. The molecule has 0 radical (unpaired) electrons. The number of rotatable bonds is 7. The van der Waals surface area contributed by atoms with Gasteiger partial charge in [0.05, 0.1) is 11.1 Å². The quantitative estimate of drug-likeness (QED) is 0.382. The molecule has 1 unspecified atom stereocenters. The van der Waals surface area contributed by atoms with E-state index in [9.17, 15) is 24.8 Å². The van der Waals surface area contributed by atoms with Gasteiger partial charge in [0.1, 0.15) is 6.04 Å². The van der Waals surface area contributed by atoms with Crippen molar-refractivity contribution >= 4 is 23.7 Å².